The highest BCUT2D eigenvalue weighted by atomic mass is 19.1. The molecule has 158 valence electrons. The Labute approximate surface area is 177 Å². The molecule has 0 aliphatic carbocycles. The molecule has 0 fully saturated rings. The smallest absolute Gasteiger partial charge is 0.320 e. The molecule has 0 unspecified atom stereocenters. The lowest BCUT2D eigenvalue weighted by molar-refractivity contribution is 0.190. The lowest BCUT2D eigenvalue weighted by Gasteiger charge is -2.10. The predicted octanol–water partition coefficient (Wildman–Crippen LogP) is 3.41. The number of nitrogens with zero attached hydrogens (tertiary/aromatic N) is 4. The van der Waals surface area contributed by atoms with Gasteiger partial charge in [0.1, 0.15) is 17.3 Å². The minimum absolute atomic E-state index is 0.122. The van der Waals surface area contributed by atoms with E-state index in [9.17, 15) is 14.3 Å². The molecule has 31 heavy (non-hydrogen) atoms. The van der Waals surface area contributed by atoms with Crippen LogP contribution in [0.4, 0.5) is 15.0 Å². The first-order valence-corrected chi connectivity index (χ1v) is 9.72. The summed E-state index contributed by atoms with van der Waals surface area (Å²) in [6.07, 6.45) is 2.57. The zero-order valence-electron chi connectivity index (χ0n) is 17.0. The Morgan fingerprint density at radius 1 is 1.19 bits per heavy atom. The Bertz CT molecular complexity index is 1250. The molecular weight excluding hydrogens is 399 g/mol. The highest BCUT2D eigenvalue weighted by molar-refractivity contribution is 5.89. The first kappa shape index (κ1) is 20.4. The van der Waals surface area contributed by atoms with Gasteiger partial charge in [-0.15, -0.1) is 0 Å². The van der Waals surface area contributed by atoms with Gasteiger partial charge in [-0.1, -0.05) is 0 Å². The van der Waals surface area contributed by atoms with E-state index in [2.05, 4.69) is 20.7 Å². The highest BCUT2D eigenvalue weighted by Gasteiger charge is 2.18. The Hall–Kier alpha value is -3.85. The standard InChI is InChI=1S/C22H21FN6O2/c1-13-10-15(5-6-17(13)23)20-21(29-19(28-20)4-3-8-26-29)16-7-9-24-18(11-16)27-22(31)25-12-14(2)30/h3-11,14,30H,12H2,1-2H3,(H2,24,25,27,31)/t14-/m1/s1. The number of carbonyl (C=O) groups excluding carboxylic acids is 1. The van der Waals surface area contributed by atoms with Gasteiger partial charge in [0, 0.05) is 30.1 Å². The molecule has 3 aromatic heterocycles. The number of halogens is 1. The summed E-state index contributed by atoms with van der Waals surface area (Å²) in [4.78, 5) is 20.9. The highest BCUT2D eigenvalue weighted by Crippen LogP contribution is 2.33. The maximum Gasteiger partial charge on any atom is 0.320 e. The Morgan fingerprint density at radius 2 is 2.03 bits per heavy atom. The van der Waals surface area contributed by atoms with Crippen LogP contribution >= 0.6 is 0 Å². The van der Waals surface area contributed by atoms with Crippen molar-refractivity contribution in [2.75, 3.05) is 11.9 Å². The number of pyridine rings is 1. The number of benzene rings is 1. The van der Waals surface area contributed by atoms with Crippen LogP contribution in [0.3, 0.4) is 0 Å². The molecule has 4 aromatic rings. The second kappa shape index (κ2) is 8.49. The van der Waals surface area contributed by atoms with E-state index in [1.54, 1.807) is 61.1 Å². The van der Waals surface area contributed by atoms with Gasteiger partial charge in [0.2, 0.25) is 0 Å². The SMILES string of the molecule is Cc1cc(-c2nc3cccnn3c2-c2ccnc(NC(=O)NC[C@@H](C)O)c2)ccc1F. The van der Waals surface area contributed by atoms with Gasteiger partial charge >= 0.3 is 6.03 Å². The third-order valence-corrected chi connectivity index (χ3v) is 4.66. The van der Waals surface area contributed by atoms with Gasteiger partial charge in [-0.3, -0.25) is 5.32 Å². The second-order valence-electron chi connectivity index (χ2n) is 7.18. The number of amides is 2. The van der Waals surface area contributed by atoms with Gasteiger partial charge in [-0.2, -0.15) is 5.10 Å². The number of hydrogen-bond acceptors (Lipinski definition) is 5. The quantitative estimate of drug-likeness (QED) is 0.459. The molecule has 9 heteroatoms. The first-order chi connectivity index (χ1) is 14.9. The normalized spacial score (nSPS) is 12.0. The molecule has 0 radical (unpaired) electrons. The molecule has 1 atom stereocenters. The van der Waals surface area contributed by atoms with Crippen LogP contribution in [0.1, 0.15) is 12.5 Å². The molecule has 0 aliphatic heterocycles. The fourth-order valence-electron chi connectivity index (χ4n) is 3.19. The van der Waals surface area contributed by atoms with Gasteiger partial charge in [-0.25, -0.2) is 23.7 Å². The number of aliphatic hydroxyl groups is 1. The van der Waals surface area contributed by atoms with Crippen LogP contribution in [0, 0.1) is 12.7 Å². The van der Waals surface area contributed by atoms with Crippen molar-refractivity contribution < 1.29 is 14.3 Å². The van der Waals surface area contributed by atoms with Crippen molar-refractivity contribution in [1.82, 2.24) is 24.9 Å². The van der Waals surface area contributed by atoms with Crippen molar-refractivity contribution in [1.29, 1.82) is 0 Å². The molecule has 0 bridgehead atoms. The summed E-state index contributed by atoms with van der Waals surface area (Å²) in [5.74, 6) is 0.0403. The summed E-state index contributed by atoms with van der Waals surface area (Å²) in [6, 6.07) is 11.5. The van der Waals surface area contributed by atoms with E-state index in [0.29, 0.717) is 28.4 Å². The summed E-state index contributed by atoms with van der Waals surface area (Å²) in [5, 5.41) is 18.9. The molecule has 0 aliphatic rings. The van der Waals surface area contributed by atoms with Crippen molar-refractivity contribution >= 4 is 17.5 Å². The number of nitrogens with one attached hydrogen (secondary N) is 2. The summed E-state index contributed by atoms with van der Waals surface area (Å²) < 4.78 is 15.5. The van der Waals surface area contributed by atoms with E-state index in [-0.39, 0.29) is 12.4 Å². The van der Waals surface area contributed by atoms with Crippen LogP contribution in [0.25, 0.3) is 28.2 Å². The molecule has 0 spiro atoms. The zero-order chi connectivity index (χ0) is 22.0. The molecule has 3 heterocycles. The van der Waals surface area contributed by atoms with E-state index in [1.807, 2.05) is 6.07 Å². The maximum atomic E-state index is 13.8. The van der Waals surface area contributed by atoms with Crippen LogP contribution < -0.4 is 10.6 Å². The van der Waals surface area contributed by atoms with Gasteiger partial charge in [0.15, 0.2) is 5.65 Å². The number of imidazole rings is 1. The number of urea groups is 1. The molecule has 4 rings (SSSR count). The molecule has 0 saturated carbocycles. The number of rotatable bonds is 5. The number of aromatic nitrogens is 4. The fraction of sp³-hybridized carbons (Fsp3) is 0.182. The Balaban J connectivity index is 1.77. The fourth-order valence-corrected chi connectivity index (χ4v) is 3.19. The minimum Gasteiger partial charge on any atom is -0.392 e. The third kappa shape index (κ3) is 4.36. The van der Waals surface area contributed by atoms with Crippen LogP contribution in [0.2, 0.25) is 0 Å². The summed E-state index contributed by atoms with van der Waals surface area (Å²) >= 11 is 0. The number of anilines is 1. The molecule has 2 amide bonds. The summed E-state index contributed by atoms with van der Waals surface area (Å²) in [5.41, 5.74) is 3.95. The Kier molecular flexibility index (Phi) is 5.59. The predicted molar refractivity (Wildman–Crippen MR) is 115 cm³/mol. The minimum atomic E-state index is -0.656. The van der Waals surface area contributed by atoms with E-state index in [1.165, 1.54) is 6.07 Å². The van der Waals surface area contributed by atoms with Gasteiger partial charge in [0.25, 0.3) is 0 Å². The number of aliphatic hydroxyl groups excluding tert-OH is 1. The molecular formula is C22H21FN6O2. The molecule has 0 saturated heterocycles. The number of hydrogen-bond donors (Lipinski definition) is 3. The van der Waals surface area contributed by atoms with Crippen LogP contribution in [-0.2, 0) is 0 Å². The van der Waals surface area contributed by atoms with Crippen molar-refractivity contribution in [2.45, 2.75) is 20.0 Å². The van der Waals surface area contributed by atoms with Gasteiger partial charge in [0.05, 0.1) is 11.8 Å². The molecule has 1 aromatic carbocycles. The van der Waals surface area contributed by atoms with Crippen LogP contribution in [0.15, 0.2) is 54.9 Å². The second-order valence-corrected chi connectivity index (χ2v) is 7.18. The largest absolute Gasteiger partial charge is 0.392 e. The third-order valence-electron chi connectivity index (χ3n) is 4.66. The van der Waals surface area contributed by atoms with E-state index < -0.39 is 12.1 Å². The first-order valence-electron chi connectivity index (χ1n) is 9.72. The Morgan fingerprint density at radius 3 is 2.81 bits per heavy atom. The van der Waals surface area contributed by atoms with E-state index >= 15 is 0 Å². The van der Waals surface area contributed by atoms with E-state index in [4.69, 9.17) is 4.98 Å². The summed E-state index contributed by atoms with van der Waals surface area (Å²) in [7, 11) is 0. The van der Waals surface area contributed by atoms with Crippen LogP contribution in [0.5, 0.6) is 0 Å². The molecule has 8 nitrogen and oxygen atoms in total. The lowest BCUT2D eigenvalue weighted by Crippen LogP contribution is -2.34. The lowest BCUT2D eigenvalue weighted by atomic mass is 10.0. The maximum absolute atomic E-state index is 13.8. The van der Waals surface area contributed by atoms with Crippen molar-refractivity contribution in [3.8, 4) is 22.5 Å². The average molecular weight is 420 g/mol. The van der Waals surface area contributed by atoms with Crippen LogP contribution in [-0.4, -0.2) is 43.4 Å². The topological polar surface area (TPSA) is 104 Å². The number of fused-ring (bicyclic) bond motifs is 1. The average Bonchev–Trinajstić information content (AvgIpc) is 3.14. The number of aryl methyl sites for hydroxylation is 1. The van der Waals surface area contributed by atoms with Crippen molar-refractivity contribution in [3.63, 3.8) is 0 Å². The summed E-state index contributed by atoms with van der Waals surface area (Å²) in [6.45, 7) is 3.40. The monoisotopic (exact) mass is 420 g/mol. The van der Waals surface area contributed by atoms with Gasteiger partial charge < -0.3 is 10.4 Å². The van der Waals surface area contributed by atoms with Crippen molar-refractivity contribution in [3.05, 3.63) is 66.2 Å². The van der Waals surface area contributed by atoms with Crippen molar-refractivity contribution in [2.24, 2.45) is 0 Å². The molecule has 3 N–H and O–H groups in total. The van der Waals surface area contributed by atoms with Gasteiger partial charge in [-0.05, 0) is 61.9 Å². The number of carbonyl (C=O) groups is 1. The zero-order valence-corrected chi connectivity index (χ0v) is 17.0. The van der Waals surface area contributed by atoms with E-state index in [0.717, 1.165) is 11.1 Å².